The number of ether oxygens (including phenoxy) is 2. The highest BCUT2D eigenvalue weighted by molar-refractivity contribution is 6.51. The molecule has 1 heterocycles. The zero-order valence-electron chi connectivity index (χ0n) is 19.3. The van der Waals surface area contributed by atoms with Crippen LogP contribution in [0, 0.1) is 0 Å². The molecule has 180 valence electrons. The Morgan fingerprint density at radius 2 is 1.63 bits per heavy atom. The Balaban J connectivity index is 1.97. The van der Waals surface area contributed by atoms with Gasteiger partial charge in [-0.15, -0.1) is 0 Å². The van der Waals surface area contributed by atoms with E-state index in [1.165, 1.54) is 24.1 Å². The smallest absolute Gasteiger partial charge is 0.300 e. The molecule has 1 atom stereocenters. The Hall–Kier alpha value is -3.48. The lowest BCUT2D eigenvalue weighted by Crippen LogP contribution is -2.29. The summed E-state index contributed by atoms with van der Waals surface area (Å²) in [6.45, 7) is 2.03. The van der Waals surface area contributed by atoms with E-state index in [0.717, 1.165) is 12.0 Å². The van der Waals surface area contributed by atoms with Crippen LogP contribution in [0.5, 0.6) is 11.5 Å². The number of ketones is 1. The molecule has 0 bridgehead atoms. The van der Waals surface area contributed by atoms with E-state index in [1.54, 1.807) is 43.5 Å². The maximum atomic E-state index is 13.4. The van der Waals surface area contributed by atoms with Gasteiger partial charge < -0.3 is 14.6 Å². The Labute approximate surface area is 213 Å². The van der Waals surface area contributed by atoms with E-state index in [-0.39, 0.29) is 26.9 Å². The van der Waals surface area contributed by atoms with Crippen LogP contribution in [0.3, 0.4) is 0 Å². The van der Waals surface area contributed by atoms with E-state index < -0.39 is 23.5 Å². The number of halogens is 2. The summed E-state index contributed by atoms with van der Waals surface area (Å²) in [5.41, 5.74) is 2.24. The first kappa shape index (κ1) is 24.6. The number of rotatable bonds is 6. The van der Waals surface area contributed by atoms with Crippen LogP contribution in [0.15, 0.2) is 66.2 Å². The van der Waals surface area contributed by atoms with Gasteiger partial charge in [-0.1, -0.05) is 54.4 Å². The fourth-order valence-corrected chi connectivity index (χ4v) is 4.75. The molecule has 1 fully saturated rings. The molecule has 1 aliphatic rings. The van der Waals surface area contributed by atoms with E-state index >= 15 is 0 Å². The molecule has 1 saturated heterocycles. The molecule has 8 heteroatoms. The number of hydrogen-bond donors (Lipinski definition) is 1. The first-order valence-electron chi connectivity index (χ1n) is 10.9. The monoisotopic (exact) mass is 511 g/mol. The summed E-state index contributed by atoms with van der Waals surface area (Å²) in [7, 11) is 2.94. The number of hydrogen-bond acceptors (Lipinski definition) is 5. The second-order valence-electron chi connectivity index (χ2n) is 7.93. The summed E-state index contributed by atoms with van der Waals surface area (Å²) in [6.07, 6.45) is 0.830. The van der Waals surface area contributed by atoms with Crippen LogP contribution in [0.25, 0.3) is 5.76 Å². The SMILES string of the molecule is CCc1ccc(N2C(=O)C(=O)/C(=C(/O)c3cc(Cl)cc(Cl)c3OC)C2c2ccc(OC)cc2)cc1. The predicted octanol–water partition coefficient (Wildman–Crippen LogP) is 6.20. The van der Waals surface area contributed by atoms with Gasteiger partial charge in [-0.05, 0) is 53.9 Å². The predicted molar refractivity (Wildman–Crippen MR) is 137 cm³/mol. The second kappa shape index (κ2) is 10.0. The summed E-state index contributed by atoms with van der Waals surface area (Å²) in [5.74, 6) is -1.27. The van der Waals surface area contributed by atoms with Gasteiger partial charge in [0.25, 0.3) is 11.7 Å². The number of amides is 1. The van der Waals surface area contributed by atoms with Gasteiger partial charge in [0.15, 0.2) is 0 Å². The molecule has 6 nitrogen and oxygen atoms in total. The van der Waals surface area contributed by atoms with E-state index in [4.69, 9.17) is 32.7 Å². The number of aliphatic hydroxyl groups is 1. The Morgan fingerprint density at radius 3 is 2.20 bits per heavy atom. The normalized spacial score (nSPS) is 17.1. The molecule has 1 N–H and O–H groups in total. The van der Waals surface area contributed by atoms with E-state index in [1.807, 2.05) is 19.1 Å². The molecular weight excluding hydrogens is 489 g/mol. The molecule has 4 rings (SSSR count). The topological polar surface area (TPSA) is 76.1 Å². The largest absolute Gasteiger partial charge is 0.507 e. The maximum Gasteiger partial charge on any atom is 0.300 e. The molecule has 0 aromatic heterocycles. The van der Waals surface area contributed by atoms with Crippen LogP contribution in [-0.2, 0) is 16.0 Å². The van der Waals surface area contributed by atoms with E-state index in [2.05, 4.69) is 0 Å². The molecule has 35 heavy (non-hydrogen) atoms. The van der Waals surface area contributed by atoms with E-state index in [0.29, 0.717) is 17.0 Å². The first-order chi connectivity index (χ1) is 16.8. The Morgan fingerprint density at radius 1 is 0.971 bits per heavy atom. The van der Waals surface area contributed by atoms with Crippen molar-refractivity contribution < 1.29 is 24.2 Å². The van der Waals surface area contributed by atoms with Gasteiger partial charge in [0.05, 0.1) is 36.4 Å². The third-order valence-corrected chi connectivity index (χ3v) is 6.47. The minimum absolute atomic E-state index is 0.101. The number of anilines is 1. The quantitative estimate of drug-likeness (QED) is 0.242. The molecule has 1 aliphatic heterocycles. The highest BCUT2D eigenvalue weighted by atomic mass is 35.5. The standard InChI is InChI=1S/C27H23Cl2NO5/c1-4-15-5-9-18(10-6-15)30-23(16-7-11-19(34-2)12-8-16)22(25(32)27(30)33)24(31)20-13-17(28)14-21(29)26(20)35-3/h5-14,23,31H,4H2,1-3H3/b24-22+. The number of nitrogens with zero attached hydrogens (tertiary/aromatic N) is 1. The zero-order chi connectivity index (χ0) is 25.3. The van der Waals surface area contributed by atoms with Crippen molar-refractivity contribution in [3.8, 4) is 11.5 Å². The molecule has 3 aromatic carbocycles. The van der Waals surface area contributed by atoms with Crippen LogP contribution in [0.1, 0.15) is 29.7 Å². The maximum absolute atomic E-state index is 13.4. The van der Waals surface area contributed by atoms with Crippen molar-refractivity contribution in [1.29, 1.82) is 0 Å². The van der Waals surface area contributed by atoms with E-state index in [9.17, 15) is 14.7 Å². The fraction of sp³-hybridized carbons (Fsp3) is 0.185. The van der Waals surface area contributed by atoms with Crippen molar-refractivity contribution in [2.24, 2.45) is 0 Å². The van der Waals surface area contributed by atoms with Crippen LogP contribution >= 0.6 is 23.2 Å². The summed E-state index contributed by atoms with van der Waals surface area (Å²) < 4.78 is 10.6. The van der Waals surface area contributed by atoms with Crippen molar-refractivity contribution >= 4 is 46.3 Å². The lowest BCUT2D eigenvalue weighted by atomic mass is 9.94. The summed E-state index contributed by atoms with van der Waals surface area (Å²) >= 11 is 12.5. The van der Waals surface area contributed by atoms with Crippen molar-refractivity contribution in [2.75, 3.05) is 19.1 Å². The average Bonchev–Trinajstić information content (AvgIpc) is 3.13. The van der Waals surface area contributed by atoms with Crippen LogP contribution in [0.4, 0.5) is 5.69 Å². The number of benzene rings is 3. The highest BCUT2D eigenvalue weighted by Crippen LogP contribution is 2.45. The molecule has 1 amide bonds. The Bertz CT molecular complexity index is 1320. The molecular formula is C27H23Cl2NO5. The molecule has 0 spiro atoms. The first-order valence-corrected chi connectivity index (χ1v) is 11.6. The summed E-state index contributed by atoms with van der Waals surface area (Å²) in [6, 6.07) is 16.3. The average molecular weight is 512 g/mol. The van der Waals surface area contributed by atoms with Gasteiger partial charge in [0.1, 0.15) is 17.3 Å². The number of aliphatic hydroxyl groups excluding tert-OH is 1. The van der Waals surface area contributed by atoms with Crippen molar-refractivity contribution in [3.63, 3.8) is 0 Å². The summed E-state index contributed by atoms with van der Waals surface area (Å²) in [5, 5.41) is 11.8. The lowest BCUT2D eigenvalue weighted by molar-refractivity contribution is -0.132. The lowest BCUT2D eigenvalue weighted by Gasteiger charge is -2.26. The Kier molecular flexibility index (Phi) is 7.05. The van der Waals surface area contributed by atoms with Gasteiger partial charge in [0, 0.05) is 10.7 Å². The van der Waals surface area contributed by atoms with Gasteiger partial charge in [0.2, 0.25) is 0 Å². The minimum Gasteiger partial charge on any atom is -0.507 e. The minimum atomic E-state index is -0.907. The summed E-state index contributed by atoms with van der Waals surface area (Å²) in [4.78, 5) is 28.1. The number of Topliss-reactive ketones (excluding diaryl/α,β-unsaturated/α-hetero) is 1. The van der Waals surface area contributed by atoms with Crippen LogP contribution in [-0.4, -0.2) is 31.0 Å². The van der Waals surface area contributed by atoms with Crippen molar-refractivity contribution in [1.82, 2.24) is 0 Å². The molecule has 0 saturated carbocycles. The van der Waals surface area contributed by atoms with Crippen LogP contribution < -0.4 is 14.4 Å². The number of carbonyl (C=O) groups is 2. The van der Waals surface area contributed by atoms with Crippen molar-refractivity contribution in [3.05, 3.63) is 93.0 Å². The highest BCUT2D eigenvalue weighted by Gasteiger charge is 2.47. The number of carbonyl (C=O) groups excluding carboxylic acids is 2. The third kappa shape index (κ3) is 4.47. The van der Waals surface area contributed by atoms with Gasteiger partial charge in [-0.25, -0.2) is 0 Å². The molecule has 3 aromatic rings. The molecule has 0 aliphatic carbocycles. The van der Waals surface area contributed by atoms with Crippen molar-refractivity contribution in [2.45, 2.75) is 19.4 Å². The van der Waals surface area contributed by atoms with Gasteiger partial charge >= 0.3 is 0 Å². The third-order valence-electron chi connectivity index (χ3n) is 5.97. The van der Waals surface area contributed by atoms with Gasteiger partial charge in [-0.2, -0.15) is 0 Å². The zero-order valence-corrected chi connectivity index (χ0v) is 20.9. The van der Waals surface area contributed by atoms with Gasteiger partial charge in [-0.3, -0.25) is 14.5 Å². The number of methoxy groups -OCH3 is 2. The molecule has 1 unspecified atom stereocenters. The number of aryl methyl sites for hydroxylation is 1. The molecule has 0 radical (unpaired) electrons. The second-order valence-corrected chi connectivity index (χ2v) is 8.77. The van der Waals surface area contributed by atoms with Crippen LogP contribution in [0.2, 0.25) is 10.0 Å². The fourth-order valence-electron chi connectivity index (χ4n) is 4.18.